The molecule has 0 aliphatic rings. The van der Waals surface area contributed by atoms with Gasteiger partial charge in [-0.1, -0.05) is 65.7 Å². The molecule has 14 heteroatoms. The van der Waals surface area contributed by atoms with Gasteiger partial charge in [0.15, 0.2) is 11.5 Å². The van der Waals surface area contributed by atoms with E-state index in [0.717, 1.165) is 51.6 Å². The van der Waals surface area contributed by atoms with Crippen molar-refractivity contribution in [1.29, 1.82) is 0 Å². The third-order valence-electron chi connectivity index (χ3n) is 7.88. The Bertz CT molecular complexity index is 2200. The molecule has 0 saturated carbocycles. The van der Waals surface area contributed by atoms with E-state index in [4.69, 9.17) is 8.37 Å². The Hall–Kier alpha value is -5.86. The Morgan fingerprint density at radius 2 is 0.808 bits per heavy atom. The highest BCUT2D eigenvalue weighted by Crippen LogP contribution is 2.31. The standard InChI is InChI=1S/C38H38N4O8S2/c1-23-18-25(3)35(26(4)19-23)41-37(43)39-31-14-7-9-16-33(31)49-51(45,46)29-12-11-13-30(22-29)52(47,48)50-34-17-10-8-15-32(34)40-38(44)42-36-27(5)20-24(2)21-28(36)6/h7-22H,1-6H3,(H2,39,41,43)(H2,40,42,44). The van der Waals surface area contributed by atoms with E-state index in [1.807, 2.05) is 65.8 Å². The van der Waals surface area contributed by atoms with Crippen molar-refractivity contribution < 1.29 is 34.8 Å². The van der Waals surface area contributed by atoms with Crippen molar-refractivity contribution in [3.05, 3.63) is 130 Å². The number of anilines is 4. The number of benzene rings is 5. The van der Waals surface area contributed by atoms with E-state index >= 15 is 0 Å². The number of amides is 4. The number of urea groups is 2. The molecule has 5 aromatic rings. The number of nitrogens with one attached hydrogen (secondary N) is 4. The molecule has 5 rings (SSSR count). The van der Waals surface area contributed by atoms with Crippen LogP contribution in [-0.2, 0) is 20.2 Å². The van der Waals surface area contributed by atoms with Crippen molar-refractivity contribution in [1.82, 2.24) is 0 Å². The summed E-state index contributed by atoms with van der Waals surface area (Å²) in [6.07, 6.45) is 0. The van der Waals surface area contributed by atoms with Gasteiger partial charge in [-0.25, -0.2) is 9.59 Å². The van der Waals surface area contributed by atoms with Gasteiger partial charge in [-0.2, -0.15) is 16.8 Å². The van der Waals surface area contributed by atoms with Crippen LogP contribution in [0.5, 0.6) is 11.5 Å². The number of carbonyl (C=O) groups excluding carboxylic acids is 2. The van der Waals surface area contributed by atoms with E-state index in [0.29, 0.717) is 11.4 Å². The normalized spacial score (nSPS) is 11.3. The Kier molecular flexibility index (Phi) is 10.9. The number of para-hydroxylation sites is 4. The summed E-state index contributed by atoms with van der Waals surface area (Å²) in [5.74, 6) is -0.400. The molecule has 0 unspecified atom stereocenters. The first-order valence-corrected chi connectivity index (χ1v) is 18.8. The maximum atomic E-state index is 13.4. The van der Waals surface area contributed by atoms with Gasteiger partial charge in [0.05, 0.1) is 11.4 Å². The van der Waals surface area contributed by atoms with Crippen LogP contribution >= 0.6 is 0 Å². The first-order valence-electron chi connectivity index (χ1n) is 16.0. The monoisotopic (exact) mass is 742 g/mol. The Labute approximate surface area is 303 Å². The van der Waals surface area contributed by atoms with E-state index in [1.165, 1.54) is 42.5 Å². The van der Waals surface area contributed by atoms with Gasteiger partial charge in [0.2, 0.25) is 0 Å². The highest BCUT2D eigenvalue weighted by atomic mass is 32.2. The van der Waals surface area contributed by atoms with Gasteiger partial charge in [0.1, 0.15) is 9.79 Å². The summed E-state index contributed by atoms with van der Waals surface area (Å²) in [4.78, 5) is 24.9. The zero-order chi connectivity index (χ0) is 37.8. The lowest BCUT2D eigenvalue weighted by atomic mass is 10.1. The molecule has 0 bridgehead atoms. The Balaban J connectivity index is 1.32. The summed E-state index contributed by atoms with van der Waals surface area (Å²) in [7, 11) is -9.25. The lowest BCUT2D eigenvalue weighted by molar-refractivity contribution is 0.261. The van der Waals surface area contributed by atoms with Crippen LogP contribution < -0.4 is 29.6 Å². The first kappa shape index (κ1) is 37.4. The molecule has 0 spiro atoms. The van der Waals surface area contributed by atoms with E-state index in [-0.39, 0.29) is 22.9 Å². The second kappa shape index (κ2) is 15.2. The minimum Gasteiger partial charge on any atom is -0.377 e. The molecule has 0 aliphatic carbocycles. The lowest BCUT2D eigenvalue weighted by Crippen LogP contribution is -2.22. The van der Waals surface area contributed by atoms with E-state index in [2.05, 4.69) is 21.3 Å². The summed E-state index contributed by atoms with van der Waals surface area (Å²) < 4.78 is 64.5. The predicted molar refractivity (Wildman–Crippen MR) is 202 cm³/mol. The SMILES string of the molecule is Cc1cc(C)c(NC(=O)Nc2ccccc2OS(=O)(=O)c2cccc(S(=O)(=O)Oc3ccccc3NC(=O)Nc3c(C)cc(C)cc3C)c2)c(C)c1. The fourth-order valence-electron chi connectivity index (χ4n) is 5.69. The van der Waals surface area contributed by atoms with Crippen LogP contribution in [0.1, 0.15) is 33.4 Å². The van der Waals surface area contributed by atoms with Crippen LogP contribution in [0.4, 0.5) is 32.3 Å². The van der Waals surface area contributed by atoms with Gasteiger partial charge in [0, 0.05) is 11.4 Å². The van der Waals surface area contributed by atoms with Crippen molar-refractivity contribution in [3.63, 3.8) is 0 Å². The minimum absolute atomic E-state index is 0.0546. The molecular weight excluding hydrogens is 705 g/mol. The second-order valence-electron chi connectivity index (χ2n) is 12.2. The number of aryl methyl sites for hydroxylation is 6. The van der Waals surface area contributed by atoms with E-state index < -0.39 is 42.1 Å². The summed E-state index contributed by atoms with van der Waals surface area (Å²) in [6.45, 7) is 11.3. The molecule has 5 aromatic carbocycles. The van der Waals surface area contributed by atoms with Gasteiger partial charge in [-0.3, -0.25) is 0 Å². The largest absolute Gasteiger partial charge is 0.377 e. The van der Waals surface area contributed by atoms with Crippen LogP contribution in [0.15, 0.2) is 107 Å². The second-order valence-corrected chi connectivity index (χ2v) is 15.3. The predicted octanol–water partition coefficient (Wildman–Crippen LogP) is 8.36. The summed E-state index contributed by atoms with van der Waals surface area (Å²) in [6, 6.07) is 22.7. The molecule has 0 atom stereocenters. The molecule has 0 fully saturated rings. The number of carbonyl (C=O) groups is 2. The van der Waals surface area contributed by atoms with Gasteiger partial charge in [-0.05, 0) is 106 Å². The van der Waals surface area contributed by atoms with Crippen molar-refractivity contribution in [2.75, 3.05) is 21.3 Å². The van der Waals surface area contributed by atoms with Crippen molar-refractivity contribution in [3.8, 4) is 11.5 Å². The molecule has 0 saturated heterocycles. The Morgan fingerprint density at radius 3 is 1.17 bits per heavy atom. The average Bonchev–Trinajstić information content (AvgIpc) is 3.06. The van der Waals surface area contributed by atoms with Crippen LogP contribution in [0.2, 0.25) is 0 Å². The average molecular weight is 743 g/mol. The maximum Gasteiger partial charge on any atom is 0.339 e. The summed E-state index contributed by atoms with van der Waals surface area (Å²) in [5.41, 5.74) is 6.83. The van der Waals surface area contributed by atoms with Gasteiger partial charge < -0.3 is 29.6 Å². The molecule has 4 amide bonds. The number of hydrogen-bond acceptors (Lipinski definition) is 8. The third-order valence-corrected chi connectivity index (χ3v) is 10.3. The molecular formula is C38H38N4O8S2. The summed E-state index contributed by atoms with van der Waals surface area (Å²) in [5, 5.41) is 10.8. The van der Waals surface area contributed by atoms with Crippen LogP contribution in [-0.4, -0.2) is 28.9 Å². The van der Waals surface area contributed by atoms with Crippen molar-refractivity contribution in [2.45, 2.75) is 51.3 Å². The maximum absolute atomic E-state index is 13.4. The highest BCUT2D eigenvalue weighted by Gasteiger charge is 2.25. The Morgan fingerprint density at radius 1 is 0.462 bits per heavy atom. The molecule has 52 heavy (non-hydrogen) atoms. The molecule has 0 aliphatic heterocycles. The lowest BCUT2D eigenvalue weighted by Gasteiger charge is -2.16. The van der Waals surface area contributed by atoms with Crippen LogP contribution in [0, 0.1) is 41.5 Å². The molecule has 12 nitrogen and oxygen atoms in total. The number of hydrogen-bond donors (Lipinski definition) is 4. The van der Waals surface area contributed by atoms with Gasteiger partial charge in [0.25, 0.3) is 0 Å². The molecule has 0 aromatic heterocycles. The van der Waals surface area contributed by atoms with Crippen molar-refractivity contribution >= 4 is 55.0 Å². The summed E-state index contributed by atoms with van der Waals surface area (Å²) >= 11 is 0. The van der Waals surface area contributed by atoms with Crippen LogP contribution in [0.3, 0.4) is 0 Å². The van der Waals surface area contributed by atoms with Gasteiger partial charge in [-0.15, -0.1) is 0 Å². The van der Waals surface area contributed by atoms with Crippen LogP contribution in [0.25, 0.3) is 0 Å². The fraction of sp³-hybridized carbons (Fsp3) is 0.158. The molecule has 4 N–H and O–H groups in total. The molecule has 0 radical (unpaired) electrons. The van der Waals surface area contributed by atoms with Gasteiger partial charge >= 0.3 is 32.3 Å². The zero-order valence-corrected chi connectivity index (χ0v) is 31.0. The van der Waals surface area contributed by atoms with Crippen molar-refractivity contribution in [2.24, 2.45) is 0 Å². The zero-order valence-electron chi connectivity index (χ0n) is 29.3. The third kappa shape index (κ3) is 8.89. The first-order chi connectivity index (χ1) is 24.5. The number of rotatable bonds is 10. The van der Waals surface area contributed by atoms with E-state index in [1.54, 1.807) is 12.1 Å². The molecule has 0 heterocycles. The molecule has 270 valence electrons. The van der Waals surface area contributed by atoms with E-state index in [9.17, 15) is 26.4 Å². The topological polar surface area (TPSA) is 169 Å². The quantitative estimate of drug-likeness (QED) is 0.104. The highest BCUT2D eigenvalue weighted by molar-refractivity contribution is 7.88. The smallest absolute Gasteiger partial charge is 0.339 e. The minimum atomic E-state index is -4.63. The fourth-order valence-corrected chi connectivity index (χ4v) is 7.76.